The summed E-state index contributed by atoms with van der Waals surface area (Å²) in [6.07, 6.45) is 1.63. The number of ether oxygens (including phenoxy) is 1. The molecule has 6 heteroatoms. The van der Waals surface area contributed by atoms with Crippen molar-refractivity contribution in [1.82, 2.24) is 9.55 Å². The van der Waals surface area contributed by atoms with Crippen molar-refractivity contribution in [3.8, 4) is 73.0 Å². The molecule has 0 saturated carbocycles. The van der Waals surface area contributed by atoms with Crippen molar-refractivity contribution in [3.63, 3.8) is 0 Å². The zero-order valence-corrected chi connectivity index (χ0v) is 48.1. The van der Waals surface area contributed by atoms with Crippen molar-refractivity contribution in [2.24, 2.45) is 0 Å². The van der Waals surface area contributed by atoms with Gasteiger partial charge >= 0.3 is 0 Å². The van der Waals surface area contributed by atoms with Gasteiger partial charge in [0.1, 0.15) is 5.82 Å². The van der Waals surface area contributed by atoms with Crippen LogP contribution >= 0.6 is 0 Å². The maximum Gasteiger partial charge on any atom is 0.135 e. The maximum atomic E-state index is 9.62. The minimum absolute atomic E-state index is 0. The maximum absolute atomic E-state index is 9.62. The van der Waals surface area contributed by atoms with Crippen molar-refractivity contribution >= 4 is 44.6 Å². The minimum Gasteiger partial charge on any atom is -0.509 e. The predicted octanol–water partition coefficient (Wildman–Crippen LogP) is 20.2. The fourth-order valence-corrected chi connectivity index (χ4v) is 11.1. The number of pyridine rings is 1. The van der Waals surface area contributed by atoms with Crippen molar-refractivity contribution in [3.05, 3.63) is 272 Å². The third kappa shape index (κ3) is 10.1. The van der Waals surface area contributed by atoms with Crippen LogP contribution in [0.4, 0.5) is 22.7 Å². The van der Waals surface area contributed by atoms with Crippen LogP contribution in [-0.2, 0) is 31.9 Å². The first-order chi connectivity index (χ1) is 41.3. The molecule has 0 amide bonds. The van der Waals surface area contributed by atoms with Gasteiger partial charge in [-0.1, -0.05) is 228 Å². The van der Waals surface area contributed by atoms with E-state index < -0.39 is 6.85 Å². The van der Waals surface area contributed by atoms with Gasteiger partial charge in [-0.15, -0.1) is 48.2 Å². The number of nitrogens with zero attached hydrogens (tertiary/aromatic N) is 4. The van der Waals surface area contributed by atoms with Crippen LogP contribution in [0.3, 0.4) is 0 Å². The van der Waals surface area contributed by atoms with E-state index in [1.54, 1.807) is 12.3 Å². The molecule has 0 unspecified atom stereocenters. The summed E-state index contributed by atoms with van der Waals surface area (Å²) in [6.45, 7) is 12.6. The smallest absolute Gasteiger partial charge is 0.135 e. The van der Waals surface area contributed by atoms with E-state index >= 15 is 0 Å². The van der Waals surface area contributed by atoms with Crippen LogP contribution in [-0.4, -0.2) is 9.55 Å². The Labute approximate surface area is 499 Å². The molecule has 0 N–H and O–H groups in total. The molecule has 400 valence electrons. The fourth-order valence-electron chi connectivity index (χ4n) is 11.1. The van der Waals surface area contributed by atoms with Crippen LogP contribution in [0, 0.1) is 25.7 Å². The number of hydrogen-bond donors (Lipinski definition) is 0. The van der Waals surface area contributed by atoms with Gasteiger partial charge in [0.15, 0.2) is 0 Å². The molecule has 0 spiro atoms. The summed E-state index contributed by atoms with van der Waals surface area (Å²) < 4.78 is 63.6. The van der Waals surface area contributed by atoms with Crippen molar-refractivity contribution in [2.75, 3.05) is 9.80 Å². The van der Waals surface area contributed by atoms with Gasteiger partial charge in [-0.25, -0.2) is 4.98 Å². The van der Waals surface area contributed by atoms with E-state index in [-0.39, 0.29) is 72.8 Å². The van der Waals surface area contributed by atoms with Gasteiger partial charge in [-0.2, -0.15) is 6.04 Å². The Hall–Kier alpha value is -8.76. The molecule has 0 fully saturated rings. The van der Waals surface area contributed by atoms with Crippen molar-refractivity contribution < 1.29 is 34.0 Å². The van der Waals surface area contributed by atoms with E-state index in [0.717, 1.165) is 89.0 Å². The summed E-state index contributed by atoms with van der Waals surface area (Å²) >= 11 is 0. The molecule has 81 heavy (non-hydrogen) atoms. The van der Waals surface area contributed by atoms with Crippen LogP contribution in [0.25, 0.3) is 83.3 Å². The molecule has 13 rings (SSSR count). The molecule has 10 aromatic carbocycles. The Morgan fingerprint density at radius 3 is 1.75 bits per heavy atom. The molecular formula is C75H61N4OPt-3. The molecule has 1 aliphatic rings. The third-order valence-corrected chi connectivity index (χ3v) is 15.2. The summed E-state index contributed by atoms with van der Waals surface area (Å²) in [7, 11) is 0. The van der Waals surface area contributed by atoms with Gasteiger partial charge in [0.25, 0.3) is 0 Å². The zero-order valence-electron chi connectivity index (χ0n) is 51.9. The van der Waals surface area contributed by atoms with E-state index in [1.807, 2.05) is 101 Å². The van der Waals surface area contributed by atoms with E-state index in [1.165, 1.54) is 5.56 Å². The Morgan fingerprint density at radius 2 is 1.07 bits per heavy atom. The largest absolute Gasteiger partial charge is 0.509 e. The third-order valence-electron chi connectivity index (χ3n) is 15.2. The molecule has 0 radical (unpaired) electrons. The van der Waals surface area contributed by atoms with Gasteiger partial charge < -0.3 is 19.1 Å². The second kappa shape index (κ2) is 21.4. The second-order valence-corrected chi connectivity index (χ2v) is 22.5. The first kappa shape index (κ1) is 46.0. The van der Waals surface area contributed by atoms with Crippen LogP contribution in [0.2, 0.25) is 0 Å². The second-order valence-electron chi connectivity index (χ2n) is 22.5. The minimum atomic E-state index is -2.49. The van der Waals surface area contributed by atoms with Gasteiger partial charge in [0.2, 0.25) is 0 Å². The molecule has 3 heterocycles. The summed E-state index contributed by atoms with van der Waals surface area (Å²) in [5.74, 6) is 0.502. The van der Waals surface area contributed by atoms with E-state index in [0.29, 0.717) is 16.9 Å². The summed E-state index contributed by atoms with van der Waals surface area (Å²) in [5, 5.41) is 1.72. The standard InChI is InChI=1S/C75H61N4O.Pt/c1-50-43-71(76-48-66(50)52-23-12-9-13-24-52)79-67-32-15-14-29-64(67)72-65(54-37-41-58(42-38-54)75(5,6)7)46-61(47-70(72)79)80-60-28-19-27-59(45-60)77-49-78(69-34-17-16-33-68(69)77)73-62(53-35-39-57(40-36-53)74(2,3)4)30-20-31-63(73)56-26-18-25-55(44-56)51-21-10-8-11-22-51;/h8-44,46,48-49H,1-7H3;/q-3;/i1D3,19D,27D,28D;. The number of hydrogen-bond acceptors (Lipinski definition) is 4. The fraction of sp³-hybridized carbons (Fsp3) is 0.120. The van der Waals surface area contributed by atoms with E-state index in [4.69, 9.17) is 13.8 Å². The summed E-state index contributed by atoms with van der Waals surface area (Å²) in [5.41, 5.74) is 15.5. The topological polar surface area (TPSA) is 33.5 Å². The molecule has 5 nitrogen and oxygen atoms in total. The molecule has 12 aromatic rings. The number of fused-ring (bicyclic) bond motifs is 4. The average Bonchev–Trinajstić information content (AvgIpc) is 2.50. The van der Waals surface area contributed by atoms with Crippen LogP contribution < -0.4 is 14.5 Å². The first-order valence-corrected chi connectivity index (χ1v) is 27.1. The van der Waals surface area contributed by atoms with E-state index in [2.05, 4.69) is 180 Å². The number of anilines is 4. The van der Waals surface area contributed by atoms with E-state index in [9.17, 15) is 4.11 Å². The Morgan fingerprint density at radius 1 is 0.506 bits per heavy atom. The molecule has 2 aromatic heterocycles. The molecule has 0 saturated heterocycles. The van der Waals surface area contributed by atoms with Crippen LogP contribution in [0.1, 0.15) is 66.5 Å². The Bertz CT molecular complexity index is 4570. The van der Waals surface area contributed by atoms with Crippen LogP contribution in [0.15, 0.2) is 237 Å². The molecule has 0 atom stereocenters. The monoisotopic (exact) mass is 1230 g/mol. The quantitative estimate of drug-likeness (QED) is 0.128. The number of para-hydroxylation sites is 4. The number of rotatable bonds is 10. The van der Waals surface area contributed by atoms with Crippen LogP contribution in [0.5, 0.6) is 11.5 Å². The SMILES string of the molecule is [2H]c1c(Oc2[c-]c3c(c(-c4ccc(C(C)(C)C)cc4)c2)c2ccccc2n3-c2cc(C([2H])([2H])[2H])c(-c3ccccc3)cn2)[c-]c(N2[CH-]N(c3c(-c4ccc(C(C)(C)C)cc4)cccc3-c3cccc(-c4ccccc4)c3)c3ccccc32)c([2H])c1[2H].[Pt]. The van der Waals surface area contributed by atoms with Crippen molar-refractivity contribution in [2.45, 2.75) is 59.2 Å². The molecule has 0 bridgehead atoms. The summed E-state index contributed by atoms with van der Waals surface area (Å²) in [6, 6.07) is 77.6. The normalized spacial score (nSPS) is 13.7. The number of benzene rings is 10. The first-order valence-electron chi connectivity index (χ1n) is 30.1. The average molecular weight is 1240 g/mol. The van der Waals surface area contributed by atoms with Gasteiger partial charge in [0, 0.05) is 83.5 Å². The zero-order chi connectivity index (χ0) is 59.8. The van der Waals surface area contributed by atoms with Gasteiger partial charge in [-0.3, -0.25) is 0 Å². The molecular weight excluding hydrogens is 1170 g/mol. The van der Waals surface area contributed by atoms with Gasteiger partial charge in [-0.05, 0) is 106 Å². The molecule has 0 aliphatic carbocycles. The number of aromatic nitrogens is 2. The number of aryl methyl sites for hydroxylation is 1. The Balaban J connectivity index is 0.00000739. The van der Waals surface area contributed by atoms with Crippen molar-refractivity contribution in [1.29, 1.82) is 0 Å². The molecule has 1 aliphatic heterocycles. The predicted molar refractivity (Wildman–Crippen MR) is 334 cm³/mol. The Kier molecular flexibility index (Phi) is 12.1. The summed E-state index contributed by atoms with van der Waals surface area (Å²) in [4.78, 5) is 9.02. The van der Waals surface area contributed by atoms with Gasteiger partial charge in [0.05, 0.1) is 0 Å².